The molecule has 1 heterocycles. The predicted octanol–water partition coefficient (Wildman–Crippen LogP) is 1.05. The van der Waals surface area contributed by atoms with Crippen molar-refractivity contribution in [1.82, 2.24) is 16.0 Å². The van der Waals surface area contributed by atoms with Crippen molar-refractivity contribution in [3.05, 3.63) is 23.8 Å². The van der Waals surface area contributed by atoms with Gasteiger partial charge in [0.1, 0.15) is 0 Å². The molecule has 1 fully saturated rings. The van der Waals surface area contributed by atoms with Gasteiger partial charge in [-0.25, -0.2) is 0 Å². The summed E-state index contributed by atoms with van der Waals surface area (Å²) in [5, 5.41) is 10.5. The highest BCUT2D eigenvalue weighted by atomic mass is 15.1. The molecular formula is C14H25N3. The Kier molecular flexibility index (Phi) is 5.23. The molecule has 0 saturated carbocycles. The van der Waals surface area contributed by atoms with Crippen molar-refractivity contribution in [1.29, 1.82) is 0 Å². The van der Waals surface area contributed by atoms with Gasteiger partial charge in [0, 0.05) is 32.2 Å². The molecule has 1 unspecified atom stereocenters. The second-order valence-corrected chi connectivity index (χ2v) is 5.21. The molecule has 1 saturated heterocycles. The number of rotatable bonds is 5. The topological polar surface area (TPSA) is 36.1 Å². The first-order valence-corrected chi connectivity index (χ1v) is 6.83. The fourth-order valence-electron chi connectivity index (χ4n) is 2.55. The number of hydrogen-bond acceptors (Lipinski definition) is 3. The van der Waals surface area contributed by atoms with E-state index in [-0.39, 0.29) is 0 Å². The highest BCUT2D eigenvalue weighted by Gasteiger charge is 2.12. The molecule has 1 aliphatic carbocycles. The standard InChI is InChI=1S/C14H25N3/c1-12-3-2-4-13(9-12)10-15-6-5-14-11-16-7-8-17-14/h2-4,13-17H,5-11H2,1H3/t13-,14?/m1/s1. The minimum atomic E-state index is 0.653. The normalized spacial score (nSPS) is 29.1. The first kappa shape index (κ1) is 12.8. The molecule has 0 aromatic rings. The first-order valence-electron chi connectivity index (χ1n) is 6.83. The molecular weight excluding hydrogens is 210 g/mol. The van der Waals surface area contributed by atoms with Gasteiger partial charge in [-0.15, -0.1) is 0 Å². The minimum Gasteiger partial charge on any atom is -0.316 e. The molecule has 3 nitrogen and oxygen atoms in total. The molecule has 0 spiro atoms. The van der Waals surface area contributed by atoms with E-state index in [1.165, 1.54) is 18.4 Å². The van der Waals surface area contributed by atoms with Crippen molar-refractivity contribution >= 4 is 0 Å². The third kappa shape index (κ3) is 4.62. The molecule has 0 bridgehead atoms. The van der Waals surface area contributed by atoms with Gasteiger partial charge in [0.2, 0.25) is 0 Å². The summed E-state index contributed by atoms with van der Waals surface area (Å²) in [7, 11) is 0. The summed E-state index contributed by atoms with van der Waals surface area (Å²) >= 11 is 0. The summed E-state index contributed by atoms with van der Waals surface area (Å²) in [4.78, 5) is 0. The van der Waals surface area contributed by atoms with E-state index >= 15 is 0 Å². The third-order valence-electron chi connectivity index (χ3n) is 3.55. The molecule has 2 atom stereocenters. The molecule has 3 N–H and O–H groups in total. The molecule has 0 aromatic carbocycles. The minimum absolute atomic E-state index is 0.653. The van der Waals surface area contributed by atoms with Crippen molar-refractivity contribution in [2.75, 3.05) is 32.7 Å². The molecule has 2 aliphatic rings. The lowest BCUT2D eigenvalue weighted by Gasteiger charge is -2.25. The van der Waals surface area contributed by atoms with Gasteiger partial charge in [-0.2, -0.15) is 0 Å². The van der Waals surface area contributed by atoms with E-state index in [4.69, 9.17) is 0 Å². The Balaban J connectivity index is 1.54. The highest BCUT2D eigenvalue weighted by Crippen LogP contribution is 2.16. The van der Waals surface area contributed by atoms with Gasteiger partial charge >= 0.3 is 0 Å². The summed E-state index contributed by atoms with van der Waals surface area (Å²) in [5.74, 6) is 0.692. The lowest BCUT2D eigenvalue weighted by atomic mass is 9.95. The lowest BCUT2D eigenvalue weighted by molar-refractivity contribution is 0.389. The zero-order chi connectivity index (χ0) is 11.9. The first-order chi connectivity index (χ1) is 8.34. The average molecular weight is 235 g/mol. The van der Waals surface area contributed by atoms with E-state index in [2.05, 4.69) is 41.1 Å². The van der Waals surface area contributed by atoms with Crippen molar-refractivity contribution in [3.63, 3.8) is 0 Å². The van der Waals surface area contributed by atoms with Crippen LogP contribution in [0.1, 0.15) is 19.8 Å². The van der Waals surface area contributed by atoms with Crippen LogP contribution in [0.4, 0.5) is 0 Å². The van der Waals surface area contributed by atoms with Gasteiger partial charge in [0.25, 0.3) is 0 Å². The second-order valence-electron chi connectivity index (χ2n) is 5.21. The zero-order valence-electron chi connectivity index (χ0n) is 10.8. The summed E-state index contributed by atoms with van der Waals surface area (Å²) in [5.41, 5.74) is 1.50. The maximum Gasteiger partial charge on any atom is 0.0205 e. The summed E-state index contributed by atoms with van der Waals surface area (Å²) in [6, 6.07) is 0.653. The van der Waals surface area contributed by atoms with Crippen molar-refractivity contribution in [2.45, 2.75) is 25.8 Å². The zero-order valence-corrected chi connectivity index (χ0v) is 10.8. The molecule has 96 valence electrons. The largest absolute Gasteiger partial charge is 0.316 e. The van der Waals surface area contributed by atoms with Crippen LogP contribution in [-0.4, -0.2) is 38.8 Å². The molecule has 1 aliphatic heterocycles. The Morgan fingerprint density at radius 1 is 1.41 bits per heavy atom. The van der Waals surface area contributed by atoms with Crippen LogP contribution in [0.2, 0.25) is 0 Å². The third-order valence-corrected chi connectivity index (χ3v) is 3.55. The van der Waals surface area contributed by atoms with Crippen LogP contribution in [0.25, 0.3) is 0 Å². The Morgan fingerprint density at radius 3 is 3.12 bits per heavy atom. The molecule has 17 heavy (non-hydrogen) atoms. The second kappa shape index (κ2) is 6.94. The Bertz CT molecular complexity index is 277. The van der Waals surface area contributed by atoms with E-state index in [0.717, 1.165) is 32.7 Å². The number of allylic oxidation sites excluding steroid dienone is 3. The monoisotopic (exact) mass is 235 g/mol. The Hall–Kier alpha value is -0.640. The van der Waals surface area contributed by atoms with Crippen LogP contribution in [0.3, 0.4) is 0 Å². The van der Waals surface area contributed by atoms with E-state index in [1.807, 2.05) is 0 Å². The van der Waals surface area contributed by atoms with Gasteiger partial charge in [-0.3, -0.25) is 0 Å². The van der Waals surface area contributed by atoms with Crippen molar-refractivity contribution in [2.24, 2.45) is 5.92 Å². The van der Waals surface area contributed by atoms with E-state index in [1.54, 1.807) is 0 Å². The van der Waals surface area contributed by atoms with Gasteiger partial charge in [-0.05, 0) is 32.2 Å². The van der Waals surface area contributed by atoms with Crippen molar-refractivity contribution in [3.8, 4) is 0 Å². The van der Waals surface area contributed by atoms with Crippen LogP contribution in [0, 0.1) is 5.92 Å². The molecule has 0 aromatic heterocycles. The molecule has 0 radical (unpaired) electrons. The van der Waals surface area contributed by atoms with E-state index < -0.39 is 0 Å². The quantitative estimate of drug-likeness (QED) is 0.623. The highest BCUT2D eigenvalue weighted by molar-refractivity contribution is 5.18. The predicted molar refractivity (Wildman–Crippen MR) is 73.2 cm³/mol. The van der Waals surface area contributed by atoms with Crippen molar-refractivity contribution < 1.29 is 0 Å². The number of piperazine rings is 1. The molecule has 2 rings (SSSR count). The van der Waals surface area contributed by atoms with Gasteiger partial charge in [0.15, 0.2) is 0 Å². The number of hydrogen-bond donors (Lipinski definition) is 3. The summed E-state index contributed by atoms with van der Waals surface area (Å²) in [6.45, 7) is 7.79. The summed E-state index contributed by atoms with van der Waals surface area (Å²) < 4.78 is 0. The number of nitrogens with one attached hydrogen (secondary N) is 3. The molecule has 0 amide bonds. The van der Waals surface area contributed by atoms with Crippen LogP contribution < -0.4 is 16.0 Å². The van der Waals surface area contributed by atoms with E-state index in [0.29, 0.717) is 12.0 Å². The van der Waals surface area contributed by atoms with Crippen LogP contribution in [0.5, 0.6) is 0 Å². The Morgan fingerprint density at radius 2 is 2.35 bits per heavy atom. The van der Waals surface area contributed by atoms with Crippen LogP contribution in [0.15, 0.2) is 23.8 Å². The van der Waals surface area contributed by atoms with Gasteiger partial charge in [0.05, 0.1) is 0 Å². The van der Waals surface area contributed by atoms with Gasteiger partial charge in [-0.1, -0.05) is 23.8 Å². The SMILES string of the molecule is CC1=CC=C[C@@H](CNCCC2CNCCN2)C1. The van der Waals surface area contributed by atoms with Gasteiger partial charge < -0.3 is 16.0 Å². The molecule has 3 heteroatoms. The van der Waals surface area contributed by atoms with Crippen LogP contribution >= 0.6 is 0 Å². The smallest absolute Gasteiger partial charge is 0.0205 e. The van der Waals surface area contributed by atoms with Crippen LogP contribution in [-0.2, 0) is 0 Å². The fourth-order valence-corrected chi connectivity index (χ4v) is 2.55. The summed E-state index contributed by atoms with van der Waals surface area (Å²) in [6.07, 6.45) is 9.16. The maximum atomic E-state index is 3.58. The fraction of sp³-hybridized carbons (Fsp3) is 0.714. The average Bonchev–Trinajstić information content (AvgIpc) is 2.36. The Labute approximate surface area is 105 Å². The lowest BCUT2D eigenvalue weighted by Crippen LogP contribution is -2.49. The van der Waals surface area contributed by atoms with E-state index in [9.17, 15) is 0 Å². The maximum absolute atomic E-state index is 3.58.